The number of benzene rings is 2. The molecule has 1 heterocycles. The van der Waals surface area contributed by atoms with E-state index in [4.69, 9.17) is 11.6 Å². The summed E-state index contributed by atoms with van der Waals surface area (Å²) in [5.41, 5.74) is 1.10. The van der Waals surface area contributed by atoms with Gasteiger partial charge in [-0.2, -0.15) is 0 Å². The van der Waals surface area contributed by atoms with Gasteiger partial charge in [0.05, 0.1) is 17.1 Å². The molecule has 1 fully saturated rings. The maximum atomic E-state index is 12.7. The average molecular weight is 415 g/mol. The summed E-state index contributed by atoms with van der Waals surface area (Å²) in [5.74, 6) is -0.492. The Hall–Kier alpha value is -2.90. The lowest BCUT2D eigenvalue weighted by atomic mass is 10.2. The van der Waals surface area contributed by atoms with Gasteiger partial charge in [0.25, 0.3) is 5.91 Å². The molecule has 0 aliphatic carbocycles. The third kappa shape index (κ3) is 6.04. The minimum Gasteiger partial charge on any atom is -0.337 e. The number of imide groups is 1. The van der Waals surface area contributed by atoms with E-state index in [9.17, 15) is 14.4 Å². The fourth-order valence-electron chi connectivity index (χ4n) is 3.19. The van der Waals surface area contributed by atoms with Crippen LogP contribution in [0.25, 0.3) is 0 Å². The molecule has 0 unspecified atom stereocenters. The maximum absolute atomic E-state index is 12.7. The number of carbonyl (C=O) groups excluding carboxylic acids is 3. The largest absolute Gasteiger partial charge is 0.337 e. The topological polar surface area (TPSA) is 81.8 Å². The fraction of sp³-hybridized carbons (Fsp3) is 0.286. The summed E-state index contributed by atoms with van der Waals surface area (Å²) in [7, 11) is 0. The Kier molecular flexibility index (Phi) is 7.21. The number of rotatable bonds is 4. The van der Waals surface area contributed by atoms with Gasteiger partial charge in [0, 0.05) is 31.9 Å². The highest BCUT2D eigenvalue weighted by molar-refractivity contribution is 6.33. The zero-order valence-corrected chi connectivity index (χ0v) is 16.7. The van der Waals surface area contributed by atoms with Crippen LogP contribution in [0.2, 0.25) is 5.02 Å². The van der Waals surface area contributed by atoms with Crippen molar-refractivity contribution in [2.45, 2.75) is 6.42 Å². The third-order valence-electron chi connectivity index (χ3n) is 4.63. The Morgan fingerprint density at radius 1 is 0.897 bits per heavy atom. The second kappa shape index (κ2) is 10.0. The quantitative estimate of drug-likeness (QED) is 0.806. The Balaban J connectivity index is 1.48. The Bertz CT molecular complexity index is 875. The molecule has 0 atom stereocenters. The van der Waals surface area contributed by atoms with Crippen molar-refractivity contribution in [1.29, 1.82) is 0 Å². The lowest BCUT2D eigenvalue weighted by Gasteiger charge is -2.22. The molecule has 1 aliphatic rings. The number of hydrogen-bond donors (Lipinski definition) is 2. The number of nitrogens with zero attached hydrogens (tertiary/aromatic N) is 2. The normalized spacial score (nSPS) is 14.7. The summed E-state index contributed by atoms with van der Waals surface area (Å²) in [5, 5.41) is 5.38. The molecule has 0 bridgehead atoms. The molecule has 0 aromatic heterocycles. The van der Waals surface area contributed by atoms with Crippen molar-refractivity contribution in [3.05, 3.63) is 65.2 Å². The molecular weight excluding hydrogens is 392 g/mol. The van der Waals surface area contributed by atoms with E-state index in [1.54, 1.807) is 53.4 Å². The summed E-state index contributed by atoms with van der Waals surface area (Å²) >= 11 is 6.13. The van der Waals surface area contributed by atoms with E-state index in [2.05, 4.69) is 10.6 Å². The first-order valence-electron chi connectivity index (χ1n) is 9.45. The Morgan fingerprint density at radius 3 is 2.38 bits per heavy atom. The van der Waals surface area contributed by atoms with Gasteiger partial charge in [-0.15, -0.1) is 0 Å². The molecule has 7 nitrogen and oxygen atoms in total. The molecule has 0 saturated carbocycles. The second-order valence-corrected chi connectivity index (χ2v) is 7.18. The van der Waals surface area contributed by atoms with Gasteiger partial charge in [0.15, 0.2) is 0 Å². The van der Waals surface area contributed by atoms with Gasteiger partial charge in [-0.3, -0.25) is 19.8 Å². The van der Waals surface area contributed by atoms with Gasteiger partial charge in [0.2, 0.25) is 5.91 Å². The minimum absolute atomic E-state index is 0.0936. The van der Waals surface area contributed by atoms with Crippen LogP contribution in [0.3, 0.4) is 0 Å². The van der Waals surface area contributed by atoms with Crippen molar-refractivity contribution in [3.8, 4) is 0 Å². The molecule has 1 saturated heterocycles. The second-order valence-electron chi connectivity index (χ2n) is 6.77. The molecule has 2 N–H and O–H groups in total. The number of halogens is 1. The Labute approximate surface area is 174 Å². The van der Waals surface area contributed by atoms with Crippen molar-refractivity contribution in [2.75, 3.05) is 38.0 Å². The van der Waals surface area contributed by atoms with Crippen molar-refractivity contribution in [1.82, 2.24) is 15.1 Å². The van der Waals surface area contributed by atoms with E-state index in [1.165, 1.54) is 0 Å². The smallest absolute Gasteiger partial charge is 0.325 e. The highest BCUT2D eigenvalue weighted by Gasteiger charge is 2.23. The molecule has 29 heavy (non-hydrogen) atoms. The van der Waals surface area contributed by atoms with Crippen LogP contribution in [-0.2, 0) is 4.79 Å². The first kappa shape index (κ1) is 20.8. The van der Waals surface area contributed by atoms with E-state index in [0.717, 1.165) is 6.42 Å². The first-order chi connectivity index (χ1) is 14.0. The van der Waals surface area contributed by atoms with Crippen LogP contribution >= 0.6 is 11.6 Å². The van der Waals surface area contributed by atoms with Gasteiger partial charge in [-0.25, -0.2) is 4.79 Å². The number of urea groups is 1. The van der Waals surface area contributed by atoms with Crippen molar-refractivity contribution in [2.24, 2.45) is 0 Å². The number of para-hydroxylation sites is 1. The molecule has 152 valence electrons. The zero-order valence-electron chi connectivity index (χ0n) is 15.9. The van der Waals surface area contributed by atoms with E-state index in [1.807, 2.05) is 11.0 Å². The van der Waals surface area contributed by atoms with Crippen molar-refractivity contribution in [3.63, 3.8) is 0 Å². The molecule has 1 aliphatic heterocycles. The monoisotopic (exact) mass is 414 g/mol. The lowest BCUT2D eigenvalue weighted by Crippen LogP contribution is -2.43. The molecule has 8 heteroatoms. The maximum Gasteiger partial charge on any atom is 0.325 e. The standard InChI is InChI=1S/C21H23ClN4O3/c22-18-10-5-4-9-17(18)20(28)26-12-6-11-25(13-14-26)15-19(27)24-21(29)23-16-7-2-1-3-8-16/h1-5,7-10H,6,11-15H2,(H2,23,24,27,29). The summed E-state index contributed by atoms with van der Waals surface area (Å²) in [6.07, 6.45) is 0.736. The van der Waals surface area contributed by atoms with Gasteiger partial charge < -0.3 is 10.2 Å². The predicted molar refractivity (Wildman–Crippen MR) is 112 cm³/mol. The average Bonchev–Trinajstić information content (AvgIpc) is 2.94. The number of carbonyl (C=O) groups is 3. The lowest BCUT2D eigenvalue weighted by molar-refractivity contribution is -0.121. The van der Waals surface area contributed by atoms with E-state index >= 15 is 0 Å². The highest BCUT2D eigenvalue weighted by atomic mass is 35.5. The number of anilines is 1. The van der Waals surface area contributed by atoms with Crippen LogP contribution in [0.15, 0.2) is 54.6 Å². The van der Waals surface area contributed by atoms with Gasteiger partial charge in [-0.05, 0) is 30.7 Å². The van der Waals surface area contributed by atoms with Crippen LogP contribution in [-0.4, -0.2) is 60.4 Å². The zero-order chi connectivity index (χ0) is 20.6. The fourth-order valence-corrected chi connectivity index (χ4v) is 3.41. The SMILES string of the molecule is O=C(CN1CCCN(C(=O)c2ccccc2Cl)CC1)NC(=O)Nc1ccccc1. The summed E-state index contributed by atoms with van der Waals surface area (Å²) < 4.78 is 0. The van der Waals surface area contributed by atoms with Crippen LogP contribution < -0.4 is 10.6 Å². The number of hydrogen-bond acceptors (Lipinski definition) is 4. The molecule has 0 spiro atoms. The van der Waals surface area contributed by atoms with Gasteiger partial charge in [-0.1, -0.05) is 41.9 Å². The highest BCUT2D eigenvalue weighted by Crippen LogP contribution is 2.18. The van der Waals surface area contributed by atoms with Crippen LogP contribution in [0.1, 0.15) is 16.8 Å². The molecule has 2 aromatic carbocycles. The van der Waals surface area contributed by atoms with Crippen molar-refractivity contribution >= 4 is 35.1 Å². The number of amides is 4. The summed E-state index contributed by atoms with van der Waals surface area (Å²) in [6, 6.07) is 15.3. The van der Waals surface area contributed by atoms with Crippen LogP contribution in [0.5, 0.6) is 0 Å². The van der Waals surface area contributed by atoms with E-state index in [0.29, 0.717) is 42.5 Å². The molecule has 4 amide bonds. The predicted octanol–water partition coefficient (Wildman–Crippen LogP) is 2.84. The first-order valence-corrected chi connectivity index (χ1v) is 9.83. The van der Waals surface area contributed by atoms with Crippen molar-refractivity contribution < 1.29 is 14.4 Å². The van der Waals surface area contributed by atoms with Gasteiger partial charge >= 0.3 is 6.03 Å². The molecule has 2 aromatic rings. The molecule has 3 rings (SSSR count). The third-order valence-corrected chi connectivity index (χ3v) is 4.96. The molecule has 0 radical (unpaired) electrons. The van der Waals surface area contributed by atoms with Crippen LogP contribution in [0.4, 0.5) is 10.5 Å². The minimum atomic E-state index is -0.563. The van der Waals surface area contributed by atoms with E-state index in [-0.39, 0.29) is 18.4 Å². The van der Waals surface area contributed by atoms with E-state index < -0.39 is 6.03 Å². The number of nitrogens with one attached hydrogen (secondary N) is 2. The van der Waals surface area contributed by atoms with Gasteiger partial charge in [0.1, 0.15) is 0 Å². The molecular formula is C21H23ClN4O3. The summed E-state index contributed by atoms with van der Waals surface area (Å²) in [6.45, 7) is 2.39. The summed E-state index contributed by atoms with van der Waals surface area (Å²) in [4.78, 5) is 40.5. The van der Waals surface area contributed by atoms with Crippen LogP contribution in [0, 0.1) is 0 Å². The Morgan fingerprint density at radius 2 is 1.62 bits per heavy atom.